The van der Waals surface area contributed by atoms with Gasteiger partial charge < -0.3 is 5.73 Å². The van der Waals surface area contributed by atoms with Gasteiger partial charge in [-0.05, 0) is 23.5 Å². The van der Waals surface area contributed by atoms with E-state index >= 15 is 0 Å². The number of thiazole rings is 1. The Morgan fingerprint density at radius 3 is 2.79 bits per heavy atom. The molecule has 2 nitrogen and oxygen atoms in total. The minimum atomic E-state index is 0.571. The summed E-state index contributed by atoms with van der Waals surface area (Å²) in [7, 11) is 0. The van der Waals surface area contributed by atoms with Crippen molar-refractivity contribution in [3.05, 3.63) is 46.0 Å². The molecule has 0 amide bonds. The van der Waals surface area contributed by atoms with Crippen molar-refractivity contribution in [2.24, 2.45) is 0 Å². The summed E-state index contributed by atoms with van der Waals surface area (Å²) in [5, 5.41) is 0.693. The van der Waals surface area contributed by atoms with Crippen LogP contribution in [0, 0.1) is 0 Å². The van der Waals surface area contributed by atoms with Crippen LogP contribution in [-0.2, 0) is 12.8 Å². The Hall–Kier alpha value is -1.35. The van der Waals surface area contributed by atoms with Crippen LogP contribution in [0.5, 0.6) is 0 Å². The van der Waals surface area contributed by atoms with Crippen molar-refractivity contribution in [1.82, 2.24) is 4.98 Å². The van der Waals surface area contributed by atoms with Crippen LogP contribution in [-0.4, -0.2) is 4.98 Å². The third kappa shape index (κ3) is 3.57. The van der Waals surface area contributed by atoms with E-state index in [4.69, 9.17) is 5.73 Å². The molecule has 0 aliphatic rings. The zero-order valence-electron chi connectivity index (χ0n) is 11.9. The molecule has 19 heavy (non-hydrogen) atoms. The lowest BCUT2D eigenvalue weighted by atomic mass is 9.99. The molecule has 3 heteroatoms. The minimum Gasteiger partial charge on any atom is -0.375 e. The highest BCUT2D eigenvalue weighted by Gasteiger charge is 2.10. The Morgan fingerprint density at radius 1 is 1.32 bits per heavy atom. The molecule has 0 aliphatic heterocycles. The fourth-order valence-electron chi connectivity index (χ4n) is 2.22. The number of aromatic nitrogens is 1. The normalized spacial score (nSPS) is 11.2. The number of hydrogen-bond donors (Lipinski definition) is 1. The zero-order valence-corrected chi connectivity index (χ0v) is 12.8. The van der Waals surface area contributed by atoms with Crippen molar-refractivity contribution >= 4 is 16.5 Å². The number of aryl methyl sites for hydroxylation is 1. The maximum atomic E-state index is 5.85. The van der Waals surface area contributed by atoms with Crippen molar-refractivity contribution in [3.8, 4) is 0 Å². The molecule has 1 aromatic heterocycles. The van der Waals surface area contributed by atoms with E-state index in [2.05, 4.69) is 50.0 Å². The van der Waals surface area contributed by atoms with Gasteiger partial charge in [0.2, 0.25) is 0 Å². The molecule has 2 rings (SSSR count). The van der Waals surface area contributed by atoms with Gasteiger partial charge in [-0.2, -0.15) is 0 Å². The van der Waals surface area contributed by atoms with E-state index in [-0.39, 0.29) is 0 Å². The molecule has 0 bridgehead atoms. The van der Waals surface area contributed by atoms with Crippen LogP contribution in [0.4, 0.5) is 5.13 Å². The molecule has 0 aliphatic carbocycles. The highest BCUT2D eigenvalue weighted by molar-refractivity contribution is 7.15. The number of hydrogen-bond acceptors (Lipinski definition) is 3. The summed E-state index contributed by atoms with van der Waals surface area (Å²) in [6.45, 7) is 6.64. The smallest absolute Gasteiger partial charge is 0.180 e. The number of nitrogens with two attached hydrogens (primary N) is 1. The van der Waals surface area contributed by atoms with Gasteiger partial charge in [-0.25, -0.2) is 4.98 Å². The molecule has 1 aromatic carbocycles. The molecule has 2 N–H and O–H groups in total. The molecular weight excluding hydrogens is 252 g/mol. The summed E-state index contributed by atoms with van der Waals surface area (Å²) < 4.78 is 0. The SMILES string of the molecule is CCCc1nc(N)sc1Cc1cccc(C(C)C)c1. The lowest BCUT2D eigenvalue weighted by Crippen LogP contribution is -1.95. The maximum Gasteiger partial charge on any atom is 0.180 e. The van der Waals surface area contributed by atoms with Gasteiger partial charge in [-0.1, -0.05) is 51.5 Å². The van der Waals surface area contributed by atoms with Crippen molar-refractivity contribution in [2.75, 3.05) is 5.73 Å². The predicted molar refractivity (Wildman–Crippen MR) is 83.9 cm³/mol. The second-order valence-corrected chi connectivity index (χ2v) is 6.36. The lowest BCUT2D eigenvalue weighted by molar-refractivity contribution is 0.861. The third-order valence-electron chi connectivity index (χ3n) is 3.26. The van der Waals surface area contributed by atoms with E-state index in [1.54, 1.807) is 11.3 Å². The molecule has 0 saturated carbocycles. The van der Waals surface area contributed by atoms with Crippen molar-refractivity contribution in [1.29, 1.82) is 0 Å². The molecule has 0 atom stereocenters. The largest absolute Gasteiger partial charge is 0.375 e. The van der Waals surface area contributed by atoms with E-state index in [9.17, 15) is 0 Å². The number of anilines is 1. The zero-order chi connectivity index (χ0) is 13.8. The van der Waals surface area contributed by atoms with Gasteiger partial charge in [0.15, 0.2) is 5.13 Å². The number of nitrogens with zero attached hydrogens (tertiary/aromatic N) is 1. The molecule has 1 heterocycles. The highest BCUT2D eigenvalue weighted by atomic mass is 32.1. The molecule has 0 saturated heterocycles. The monoisotopic (exact) mass is 274 g/mol. The second-order valence-electron chi connectivity index (χ2n) is 5.25. The van der Waals surface area contributed by atoms with E-state index in [1.807, 2.05) is 0 Å². The summed E-state index contributed by atoms with van der Waals surface area (Å²) in [5.74, 6) is 0.571. The first kappa shape index (κ1) is 14.1. The molecule has 0 unspecified atom stereocenters. The number of rotatable bonds is 5. The van der Waals surface area contributed by atoms with Crippen LogP contribution < -0.4 is 5.73 Å². The quantitative estimate of drug-likeness (QED) is 0.878. The van der Waals surface area contributed by atoms with Crippen LogP contribution in [0.3, 0.4) is 0 Å². The van der Waals surface area contributed by atoms with Gasteiger partial charge in [0, 0.05) is 11.3 Å². The maximum absolute atomic E-state index is 5.85. The first-order valence-electron chi connectivity index (χ1n) is 6.93. The van der Waals surface area contributed by atoms with Crippen molar-refractivity contribution in [3.63, 3.8) is 0 Å². The highest BCUT2D eigenvalue weighted by Crippen LogP contribution is 2.26. The van der Waals surface area contributed by atoms with Crippen LogP contribution in [0.2, 0.25) is 0 Å². The predicted octanol–water partition coefficient (Wildman–Crippen LogP) is 4.39. The van der Waals surface area contributed by atoms with Crippen LogP contribution in [0.15, 0.2) is 24.3 Å². The van der Waals surface area contributed by atoms with Crippen molar-refractivity contribution in [2.45, 2.75) is 46.0 Å². The lowest BCUT2D eigenvalue weighted by Gasteiger charge is -2.08. The fraction of sp³-hybridized carbons (Fsp3) is 0.438. The van der Waals surface area contributed by atoms with Gasteiger partial charge in [-0.15, -0.1) is 11.3 Å². The summed E-state index contributed by atoms with van der Waals surface area (Å²) in [6.07, 6.45) is 3.08. The van der Waals surface area contributed by atoms with Gasteiger partial charge >= 0.3 is 0 Å². The van der Waals surface area contributed by atoms with Gasteiger partial charge in [0.05, 0.1) is 5.69 Å². The van der Waals surface area contributed by atoms with Crippen LogP contribution >= 0.6 is 11.3 Å². The van der Waals surface area contributed by atoms with Crippen LogP contribution in [0.25, 0.3) is 0 Å². The Kier molecular flexibility index (Phi) is 4.59. The van der Waals surface area contributed by atoms with E-state index < -0.39 is 0 Å². The second kappa shape index (κ2) is 6.20. The molecule has 2 aromatic rings. The Balaban J connectivity index is 2.23. The van der Waals surface area contributed by atoms with Gasteiger partial charge in [0.25, 0.3) is 0 Å². The standard InChI is InChI=1S/C16H22N2S/c1-4-6-14-15(19-16(17)18-14)10-12-7-5-8-13(9-12)11(2)3/h5,7-9,11H,4,6,10H2,1-3H3,(H2,17,18). The Bertz CT molecular complexity index is 543. The van der Waals surface area contributed by atoms with E-state index in [0.29, 0.717) is 11.0 Å². The van der Waals surface area contributed by atoms with E-state index in [1.165, 1.54) is 21.7 Å². The number of benzene rings is 1. The molecular formula is C16H22N2S. The number of nitrogen functional groups attached to an aromatic ring is 1. The summed E-state index contributed by atoms with van der Waals surface area (Å²) in [6, 6.07) is 8.84. The fourth-order valence-corrected chi connectivity index (χ4v) is 3.13. The molecule has 102 valence electrons. The minimum absolute atomic E-state index is 0.571. The summed E-state index contributed by atoms with van der Waals surface area (Å²) >= 11 is 1.63. The summed E-state index contributed by atoms with van der Waals surface area (Å²) in [4.78, 5) is 5.77. The Morgan fingerprint density at radius 2 is 2.11 bits per heavy atom. The Labute approximate surface area is 119 Å². The molecule has 0 spiro atoms. The first-order valence-corrected chi connectivity index (χ1v) is 7.74. The van der Waals surface area contributed by atoms with E-state index in [0.717, 1.165) is 19.3 Å². The van der Waals surface area contributed by atoms with Gasteiger partial charge in [-0.3, -0.25) is 0 Å². The third-order valence-corrected chi connectivity index (χ3v) is 4.19. The average molecular weight is 274 g/mol. The first-order chi connectivity index (χ1) is 9.10. The van der Waals surface area contributed by atoms with Crippen LogP contribution in [0.1, 0.15) is 54.8 Å². The van der Waals surface area contributed by atoms with Crippen molar-refractivity contribution < 1.29 is 0 Å². The average Bonchev–Trinajstić information content (AvgIpc) is 2.70. The molecule has 0 radical (unpaired) electrons. The van der Waals surface area contributed by atoms with Gasteiger partial charge in [0.1, 0.15) is 0 Å². The topological polar surface area (TPSA) is 38.9 Å². The molecule has 0 fully saturated rings. The summed E-state index contributed by atoms with van der Waals surface area (Å²) in [5.41, 5.74) is 9.78.